The van der Waals surface area contributed by atoms with Crippen LogP contribution < -0.4 is 14.7 Å². The molecule has 0 fully saturated rings. The van der Waals surface area contributed by atoms with Crippen LogP contribution in [-0.2, 0) is 5.41 Å². The standard InChI is InChI=1S/C37H35N.C34H31N.C24H23N/c1-36(2,3)38(29-21-22-31-30-18-12-13-19-33(30)37(4,5)34(31)25-29)35-23-20-28(26-14-8-6-9-15-26)24-32(35)27-16-10-7-11-17-27;1-34(2,3)35(31-22-19-28(20-23-31)26-13-7-4-8-14-26)33-24-21-30(27-15-9-5-10-16-27)25-32(33)29-17-11-6-12-18-29;1-24(2,3)25(22-14-12-18-8-4-6-10-20(18)16-22)23-15-13-19-9-5-7-11-21(19)17-23/h6-25H,1-5H3;4-25H,1-3H3;4-17H,1-3H3. The molecule has 3 nitrogen and oxygen atoms in total. The molecule has 0 aliphatic heterocycles. The Morgan fingerprint density at radius 1 is 0.204 bits per heavy atom. The molecule has 0 saturated heterocycles. The molecule has 3 heteroatoms. The van der Waals surface area contributed by atoms with Gasteiger partial charge in [-0.2, -0.15) is 0 Å². The largest absolute Gasteiger partial charge is 0.336 e. The molecule has 0 radical (unpaired) electrons. The summed E-state index contributed by atoms with van der Waals surface area (Å²) in [5.41, 5.74) is 24.8. The maximum Gasteiger partial charge on any atom is 0.0495 e. The minimum atomic E-state index is -0.137. The maximum absolute atomic E-state index is 2.52. The fourth-order valence-corrected chi connectivity index (χ4v) is 14.4. The maximum atomic E-state index is 2.52. The third-order valence-corrected chi connectivity index (χ3v) is 18.9. The van der Waals surface area contributed by atoms with E-state index in [0.29, 0.717) is 0 Å². The van der Waals surface area contributed by atoms with Crippen molar-refractivity contribution in [3.63, 3.8) is 0 Å². The molecule has 98 heavy (non-hydrogen) atoms. The first-order valence-corrected chi connectivity index (χ1v) is 34.6. The highest BCUT2D eigenvalue weighted by molar-refractivity contribution is 5.93. The summed E-state index contributed by atoms with van der Waals surface area (Å²) in [6.45, 7) is 25.2. The van der Waals surface area contributed by atoms with E-state index in [-0.39, 0.29) is 22.0 Å². The second-order valence-corrected chi connectivity index (χ2v) is 29.3. The molecule has 15 rings (SSSR count). The van der Waals surface area contributed by atoms with Crippen LogP contribution >= 0.6 is 0 Å². The van der Waals surface area contributed by atoms with E-state index in [9.17, 15) is 0 Å². The monoisotopic (exact) mass is 1270 g/mol. The van der Waals surface area contributed by atoms with Crippen molar-refractivity contribution in [1.82, 2.24) is 0 Å². The molecule has 0 amide bonds. The van der Waals surface area contributed by atoms with Crippen molar-refractivity contribution >= 4 is 55.7 Å². The Morgan fingerprint density at radius 3 is 0.939 bits per heavy atom. The van der Waals surface area contributed by atoms with E-state index in [1.165, 1.54) is 134 Å². The lowest BCUT2D eigenvalue weighted by Crippen LogP contribution is -2.38. The van der Waals surface area contributed by atoms with Crippen molar-refractivity contribution in [1.29, 1.82) is 0 Å². The number of anilines is 6. The molecule has 0 N–H and O–H groups in total. The lowest BCUT2D eigenvalue weighted by Gasteiger charge is -2.40. The van der Waals surface area contributed by atoms with E-state index in [1.54, 1.807) is 0 Å². The molecule has 0 spiro atoms. The Labute approximate surface area is 582 Å². The van der Waals surface area contributed by atoms with Crippen LogP contribution in [0.4, 0.5) is 34.1 Å². The van der Waals surface area contributed by atoms with Crippen LogP contribution in [0.2, 0.25) is 0 Å². The molecule has 0 atom stereocenters. The van der Waals surface area contributed by atoms with Crippen LogP contribution in [0.25, 0.3) is 88.3 Å². The lowest BCUT2D eigenvalue weighted by atomic mass is 9.82. The summed E-state index contributed by atoms with van der Waals surface area (Å²) in [5.74, 6) is 0. The summed E-state index contributed by atoms with van der Waals surface area (Å²) in [6, 6.07) is 122. The molecule has 0 bridgehead atoms. The Morgan fingerprint density at radius 2 is 0.510 bits per heavy atom. The Balaban J connectivity index is 0.000000135. The molecule has 14 aromatic rings. The van der Waals surface area contributed by atoms with Gasteiger partial charge in [0, 0.05) is 67.3 Å². The van der Waals surface area contributed by atoms with Crippen LogP contribution in [0.15, 0.2) is 340 Å². The molecule has 0 unspecified atom stereocenters. The second kappa shape index (κ2) is 27.6. The summed E-state index contributed by atoms with van der Waals surface area (Å²) in [7, 11) is 0. The van der Waals surface area contributed by atoms with Crippen molar-refractivity contribution in [2.75, 3.05) is 14.7 Å². The van der Waals surface area contributed by atoms with Gasteiger partial charge in [-0.25, -0.2) is 0 Å². The molecule has 0 heterocycles. The summed E-state index contributed by atoms with van der Waals surface area (Å²) in [4.78, 5) is 7.40. The van der Waals surface area contributed by atoms with E-state index in [1.807, 2.05) is 0 Å². The first-order chi connectivity index (χ1) is 47.3. The Bertz CT molecular complexity index is 4960. The zero-order chi connectivity index (χ0) is 68.2. The summed E-state index contributed by atoms with van der Waals surface area (Å²) >= 11 is 0. The lowest BCUT2D eigenvalue weighted by molar-refractivity contribution is 0.559. The third kappa shape index (κ3) is 14.0. The normalized spacial score (nSPS) is 12.3. The topological polar surface area (TPSA) is 9.72 Å². The highest BCUT2D eigenvalue weighted by atomic mass is 15.2. The minimum absolute atomic E-state index is 0.0229. The zero-order valence-electron chi connectivity index (χ0n) is 58.7. The average Bonchev–Trinajstić information content (AvgIpc) is 1.53. The van der Waals surface area contributed by atoms with Crippen molar-refractivity contribution in [2.45, 2.75) is 98.2 Å². The van der Waals surface area contributed by atoms with Gasteiger partial charge in [-0.05, 0) is 223 Å². The molecule has 0 aromatic heterocycles. The fraction of sp³-hybridized carbons (Fsp3) is 0.158. The average molecular weight is 1270 g/mol. The highest BCUT2D eigenvalue weighted by Gasteiger charge is 2.37. The molecular weight excluding hydrogens is 1180 g/mol. The first kappa shape index (κ1) is 65.7. The predicted molar refractivity (Wildman–Crippen MR) is 424 cm³/mol. The van der Waals surface area contributed by atoms with Gasteiger partial charge in [0.15, 0.2) is 0 Å². The quantitative estimate of drug-likeness (QED) is 0.128. The van der Waals surface area contributed by atoms with Crippen molar-refractivity contribution in [3.05, 3.63) is 351 Å². The van der Waals surface area contributed by atoms with Gasteiger partial charge in [-0.15, -0.1) is 0 Å². The Hall–Kier alpha value is -11.0. The predicted octanol–water partition coefficient (Wildman–Crippen LogP) is 26.8. The van der Waals surface area contributed by atoms with Gasteiger partial charge < -0.3 is 14.7 Å². The SMILES string of the molecule is CC(C)(C)N(c1ccc(-c2ccccc2)cc1)c1ccc(-c2ccccc2)cc1-c1ccccc1.CC(C)(C)N(c1ccc2ccccc2c1)c1ccc2ccccc2c1.CC1(C)c2ccccc2-c2ccc(N(c3ccc(-c4ccccc4)cc3-c3ccccc3)C(C)(C)C)cc21. The van der Waals surface area contributed by atoms with Gasteiger partial charge in [-0.1, -0.05) is 281 Å². The van der Waals surface area contributed by atoms with Crippen LogP contribution in [0.3, 0.4) is 0 Å². The number of benzene rings is 14. The molecule has 0 saturated carbocycles. The van der Waals surface area contributed by atoms with Gasteiger partial charge in [0.05, 0.1) is 0 Å². The van der Waals surface area contributed by atoms with E-state index in [0.717, 1.165) is 0 Å². The van der Waals surface area contributed by atoms with E-state index in [2.05, 4.69) is 431 Å². The van der Waals surface area contributed by atoms with Gasteiger partial charge in [0.25, 0.3) is 0 Å². The number of hydrogen-bond acceptors (Lipinski definition) is 3. The zero-order valence-corrected chi connectivity index (χ0v) is 58.7. The van der Waals surface area contributed by atoms with Gasteiger partial charge >= 0.3 is 0 Å². The second-order valence-electron chi connectivity index (χ2n) is 29.3. The molecular formula is C95H89N3. The number of hydrogen-bond donors (Lipinski definition) is 0. The number of fused-ring (bicyclic) bond motifs is 5. The van der Waals surface area contributed by atoms with E-state index >= 15 is 0 Å². The van der Waals surface area contributed by atoms with Crippen LogP contribution in [0.1, 0.15) is 87.3 Å². The highest BCUT2D eigenvalue weighted by Crippen LogP contribution is 2.52. The summed E-state index contributed by atoms with van der Waals surface area (Å²) < 4.78 is 0. The van der Waals surface area contributed by atoms with Gasteiger partial charge in [0.2, 0.25) is 0 Å². The molecule has 1 aliphatic rings. The van der Waals surface area contributed by atoms with Crippen molar-refractivity contribution in [3.8, 4) is 66.8 Å². The van der Waals surface area contributed by atoms with Gasteiger partial charge in [-0.3, -0.25) is 0 Å². The number of nitrogens with zero attached hydrogens (tertiary/aromatic N) is 3. The first-order valence-electron chi connectivity index (χ1n) is 34.6. The molecule has 14 aromatic carbocycles. The number of rotatable bonds is 11. The summed E-state index contributed by atoms with van der Waals surface area (Å²) in [5, 5.41) is 5.10. The van der Waals surface area contributed by atoms with Gasteiger partial charge in [0.1, 0.15) is 0 Å². The third-order valence-electron chi connectivity index (χ3n) is 18.9. The Kier molecular flexibility index (Phi) is 18.5. The minimum Gasteiger partial charge on any atom is -0.336 e. The molecule has 1 aliphatic carbocycles. The van der Waals surface area contributed by atoms with E-state index in [4.69, 9.17) is 0 Å². The van der Waals surface area contributed by atoms with Crippen LogP contribution in [0, 0.1) is 0 Å². The van der Waals surface area contributed by atoms with Crippen LogP contribution in [-0.4, -0.2) is 16.6 Å². The molecule has 484 valence electrons. The van der Waals surface area contributed by atoms with Crippen molar-refractivity contribution < 1.29 is 0 Å². The smallest absolute Gasteiger partial charge is 0.0495 e. The fourth-order valence-electron chi connectivity index (χ4n) is 14.4. The van der Waals surface area contributed by atoms with E-state index < -0.39 is 0 Å². The van der Waals surface area contributed by atoms with Crippen molar-refractivity contribution in [2.24, 2.45) is 0 Å². The van der Waals surface area contributed by atoms with Crippen LogP contribution in [0.5, 0.6) is 0 Å². The summed E-state index contributed by atoms with van der Waals surface area (Å²) in [6.07, 6.45) is 0.